The lowest BCUT2D eigenvalue weighted by Crippen LogP contribution is -2.49. The average Bonchev–Trinajstić information content (AvgIpc) is 3.94. The first-order valence-corrected chi connectivity index (χ1v) is 21.5. The molecule has 9 rings (SSSR count). The summed E-state index contributed by atoms with van der Waals surface area (Å²) in [6, 6.07) is 24.2. The highest BCUT2D eigenvalue weighted by Crippen LogP contribution is 2.31. The van der Waals surface area contributed by atoms with Gasteiger partial charge < -0.3 is 44.3 Å². The summed E-state index contributed by atoms with van der Waals surface area (Å²) in [5.41, 5.74) is 13.6. The molecule has 7 aromatic rings. The molecule has 17 heteroatoms. The van der Waals surface area contributed by atoms with Gasteiger partial charge in [0.25, 0.3) is 5.91 Å². The van der Waals surface area contributed by atoms with Crippen LogP contribution in [0, 0.1) is 0 Å². The monoisotopic (exact) mass is 882 g/mol. The maximum absolute atomic E-state index is 13.1. The Hall–Kier alpha value is -7.08. The summed E-state index contributed by atoms with van der Waals surface area (Å²) < 4.78 is 27.9. The van der Waals surface area contributed by atoms with Gasteiger partial charge in [0.2, 0.25) is 11.8 Å². The van der Waals surface area contributed by atoms with Crippen molar-refractivity contribution in [2.75, 3.05) is 77.6 Å². The number of nitrogens with zero attached hydrogens (tertiary/aromatic N) is 7. The summed E-state index contributed by atoms with van der Waals surface area (Å²) in [5.74, 6) is 1.77. The zero-order chi connectivity index (χ0) is 45.5. The Morgan fingerprint density at radius 1 is 0.723 bits per heavy atom. The number of oxazole rings is 2. The Morgan fingerprint density at radius 3 is 1.89 bits per heavy atom. The second kappa shape index (κ2) is 19.8. The molecule has 4 N–H and O–H groups in total. The molecular weight excluding hydrogens is 829 g/mol. The van der Waals surface area contributed by atoms with E-state index in [0.29, 0.717) is 75.8 Å². The van der Waals surface area contributed by atoms with Crippen LogP contribution in [0.1, 0.15) is 42.3 Å². The maximum Gasteiger partial charge on any atom is 0.410 e. The molecule has 2 aliphatic heterocycles. The molecule has 338 valence electrons. The molecule has 3 aromatic carbocycles. The Balaban J connectivity index is 0.000000179. The van der Waals surface area contributed by atoms with Gasteiger partial charge in [-0.2, -0.15) is 9.97 Å². The molecule has 6 heterocycles. The first kappa shape index (κ1) is 44.5. The van der Waals surface area contributed by atoms with E-state index >= 15 is 0 Å². The van der Waals surface area contributed by atoms with Crippen molar-refractivity contribution in [2.24, 2.45) is 0 Å². The Kier molecular flexibility index (Phi) is 13.5. The fourth-order valence-corrected chi connectivity index (χ4v) is 7.68. The highest BCUT2D eigenvalue weighted by Gasteiger charge is 2.26. The number of hydrogen-bond acceptors (Lipinski definition) is 15. The van der Waals surface area contributed by atoms with Crippen LogP contribution in [0.3, 0.4) is 0 Å². The minimum absolute atomic E-state index is 0.252. The molecule has 0 saturated carbocycles. The summed E-state index contributed by atoms with van der Waals surface area (Å²) in [6.45, 7) is 13.8. The number of fused-ring (bicyclic) bond motifs is 2. The number of amides is 2. The van der Waals surface area contributed by atoms with Gasteiger partial charge in [-0.1, -0.05) is 0 Å². The van der Waals surface area contributed by atoms with E-state index in [1.54, 1.807) is 49.7 Å². The number of carbonyl (C=O) groups excluding carboxylic acids is 2. The Morgan fingerprint density at radius 2 is 1.31 bits per heavy atom. The number of ether oxygens (including phenoxy) is 3. The van der Waals surface area contributed by atoms with Crippen LogP contribution >= 0.6 is 0 Å². The van der Waals surface area contributed by atoms with Gasteiger partial charge in [-0.3, -0.25) is 14.6 Å². The Labute approximate surface area is 376 Å². The predicted molar refractivity (Wildman–Crippen MR) is 248 cm³/mol. The lowest BCUT2D eigenvalue weighted by Gasteiger charge is -2.35. The van der Waals surface area contributed by atoms with E-state index in [9.17, 15) is 9.59 Å². The quantitative estimate of drug-likeness (QED) is 0.118. The molecule has 2 fully saturated rings. The van der Waals surface area contributed by atoms with Crippen LogP contribution in [0.15, 0.2) is 100 Å². The summed E-state index contributed by atoms with van der Waals surface area (Å²) in [7, 11) is 3.10. The minimum Gasteiger partial charge on any atom is -0.493 e. The molecule has 0 radical (unpaired) electrons. The number of aromatic nitrogens is 4. The number of carbonyl (C=O) groups is 2. The van der Waals surface area contributed by atoms with Crippen molar-refractivity contribution < 1.29 is 32.6 Å². The smallest absolute Gasteiger partial charge is 0.410 e. The van der Waals surface area contributed by atoms with Gasteiger partial charge in [-0.25, -0.2) is 14.8 Å². The summed E-state index contributed by atoms with van der Waals surface area (Å²) in [4.78, 5) is 49.3. The van der Waals surface area contributed by atoms with Crippen LogP contribution in [-0.2, 0) is 17.8 Å². The highest BCUT2D eigenvalue weighted by molar-refractivity contribution is 6.05. The molecule has 65 heavy (non-hydrogen) atoms. The van der Waals surface area contributed by atoms with Crippen molar-refractivity contribution in [3.8, 4) is 34.4 Å². The first-order chi connectivity index (χ1) is 31.4. The van der Waals surface area contributed by atoms with Gasteiger partial charge in [0, 0.05) is 106 Å². The van der Waals surface area contributed by atoms with Crippen LogP contribution in [0.5, 0.6) is 11.5 Å². The molecule has 0 atom stereocenters. The number of anilines is 2. The summed E-state index contributed by atoms with van der Waals surface area (Å²) in [5, 5.41) is 6.39. The lowest BCUT2D eigenvalue weighted by atomic mass is 10.1. The van der Waals surface area contributed by atoms with Gasteiger partial charge in [0.1, 0.15) is 5.60 Å². The number of rotatable bonds is 10. The maximum atomic E-state index is 13.1. The second-order valence-corrected chi connectivity index (χ2v) is 16.9. The van der Waals surface area contributed by atoms with Gasteiger partial charge in [0.05, 0.1) is 14.2 Å². The standard InChI is InChI=1S/C26H27N5O4.C22H27N5O3/c1-33-21-6-5-18(15-23(21)34-2)25(32)29-20-13-17(16-31-10-8-27-9-11-31)12-19(14-20)26-30-24-22(35-26)4-3-7-28-24;1-22(2,3)30-21(28)27-9-7-26(8-10-27)14-15-11-16(13-17(23)12-15)20-25-19-18(29-20)5-4-6-24-19/h3-7,12-15,27H,8-11,16H2,1-2H3,(H,29,32);4-6,11-13H,7-10,14,23H2,1-3H3. The van der Waals surface area contributed by atoms with Gasteiger partial charge in [-0.05, 0) is 111 Å². The van der Waals surface area contributed by atoms with Crippen LogP contribution in [-0.4, -0.2) is 119 Å². The normalized spacial score (nSPS) is 14.8. The number of hydrogen-bond donors (Lipinski definition) is 3. The minimum atomic E-state index is -0.480. The zero-order valence-electron chi connectivity index (χ0n) is 37.3. The third kappa shape index (κ3) is 11.4. The van der Waals surface area contributed by atoms with E-state index in [2.05, 4.69) is 46.4 Å². The van der Waals surface area contributed by atoms with Crippen LogP contribution < -0.4 is 25.8 Å². The largest absolute Gasteiger partial charge is 0.493 e. The Bertz CT molecular complexity index is 2700. The van der Waals surface area contributed by atoms with E-state index in [1.807, 2.05) is 75.4 Å². The van der Waals surface area contributed by atoms with Crippen molar-refractivity contribution in [3.63, 3.8) is 0 Å². The third-order valence-corrected chi connectivity index (χ3v) is 10.8. The number of piperazine rings is 2. The number of benzene rings is 3. The zero-order valence-corrected chi connectivity index (χ0v) is 37.3. The fourth-order valence-electron chi connectivity index (χ4n) is 7.68. The number of nitrogen functional groups attached to an aromatic ring is 1. The number of methoxy groups -OCH3 is 2. The van der Waals surface area contributed by atoms with Crippen molar-refractivity contribution >= 4 is 45.8 Å². The molecule has 0 spiro atoms. The third-order valence-electron chi connectivity index (χ3n) is 10.8. The second-order valence-electron chi connectivity index (χ2n) is 16.9. The van der Waals surface area contributed by atoms with Crippen molar-refractivity contribution in [1.29, 1.82) is 0 Å². The molecule has 0 aliphatic carbocycles. The average molecular weight is 883 g/mol. The van der Waals surface area contributed by atoms with Crippen molar-refractivity contribution in [2.45, 2.75) is 39.5 Å². The van der Waals surface area contributed by atoms with Crippen molar-refractivity contribution in [3.05, 3.63) is 108 Å². The molecule has 0 unspecified atom stereocenters. The SMILES string of the molecule is CC(C)(C)OC(=O)N1CCN(Cc2cc(N)cc(-c3nc4ncccc4o3)c2)CC1.COc1ccc(C(=O)Nc2cc(CN3CCNCC3)cc(-c3nc4ncccc4o3)c2)cc1OC. The molecule has 17 nitrogen and oxygen atoms in total. The van der Waals surface area contributed by atoms with Crippen LogP contribution in [0.2, 0.25) is 0 Å². The summed E-state index contributed by atoms with van der Waals surface area (Å²) >= 11 is 0. The highest BCUT2D eigenvalue weighted by atomic mass is 16.6. The first-order valence-electron chi connectivity index (χ1n) is 21.5. The molecule has 2 saturated heterocycles. The van der Waals surface area contributed by atoms with E-state index in [-0.39, 0.29) is 12.0 Å². The molecule has 0 bridgehead atoms. The molecule has 2 aliphatic rings. The number of nitrogens with two attached hydrogens (primary N) is 1. The lowest BCUT2D eigenvalue weighted by molar-refractivity contribution is 0.0139. The van der Waals surface area contributed by atoms with E-state index in [0.717, 1.165) is 74.6 Å². The van der Waals surface area contributed by atoms with Gasteiger partial charge >= 0.3 is 6.09 Å². The summed E-state index contributed by atoms with van der Waals surface area (Å²) in [6.07, 6.45) is 3.12. The van der Waals surface area contributed by atoms with Crippen LogP contribution in [0.4, 0.5) is 16.2 Å². The van der Waals surface area contributed by atoms with E-state index in [4.69, 9.17) is 28.8 Å². The fraction of sp³-hybridized carbons (Fsp3) is 0.333. The molecule has 4 aromatic heterocycles. The van der Waals surface area contributed by atoms with Gasteiger partial charge in [0.15, 0.2) is 34.0 Å². The van der Waals surface area contributed by atoms with E-state index < -0.39 is 5.60 Å². The topological polar surface area (TPSA) is 199 Å². The number of nitrogens with one attached hydrogen (secondary N) is 2. The van der Waals surface area contributed by atoms with Gasteiger partial charge in [-0.15, -0.1) is 0 Å². The van der Waals surface area contributed by atoms with Crippen LogP contribution in [0.25, 0.3) is 45.4 Å². The van der Waals surface area contributed by atoms with E-state index in [1.165, 1.54) is 0 Å². The number of pyridine rings is 2. The molecular formula is C48H54N10O7. The molecule has 2 amide bonds. The van der Waals surface area contributed by atoms with Crippen molar-refractivity contribution in [1.82, 2.24) is 40.0 Å². The predicted octanol–water partition coefficient (Wildman–Crippen LogP) is 7.09.